The second kappa shape index (κ2) is 7.42. The van der Waals surface area contributed by atoms with E-state index in [9.17, 15) is 9.59 Å². The number of benzene rings is 1. The van der Waals surface area contributed by atoms with Gasteiger partial charge in [0.05, 0.1) is 6.10 Å². The van der Waals surface area contributed by atoms with Gasteiger partial charge in [-0.1, -0.05) is 6.92 Å². The highest BCUT2D eigenvalue weighted by molar-refractivity contribution is 6.04. The van der Waals surface area contributed by atoms with E-state index in [-0.39, 0.29) is 23.2 Å². The number of carboxylic acids is 1. The fraction of sp³-hybridized carbons (Fsp3) is 0.368. The maximum Gasteiger partial charge on any atom is 0.339 e. The van der Waals surface area contributed by atoms with Gasteiger partial charge in [0, 0.05) is 18.2 Å². The van der Waals surface area contributed by atoms with Crippen LogP contribution in [0.15, 0.2) is 34.7 Å². The monoisotopic (exact) mass is 343 g/mol. The summed E-state index contributed by atoms with van der Waals surface area (Å²) in [4.78, 5) is 23.4. The van der Waals surface area contributed by atoms with Gasteiger partial charge in [-0.2, -0.15) is 0 Å². The number of amides is 1. The van der Waals surface area contributed by atoms with Crippen molar-refractivity contribution in [3.8, 4) is 5.75 Å². The lowest BCUT2D eigenvalue weighted by molar-refractivity contribution is 0.0694. The van der Waals surface area contributed by atoms with Crippen molar-refractivity contribution in [3.63, 3.8) is 0 Å². The summed E-state index contributed by atoms with van der Waals surface area (Å²) < 4.78 is 11.2. The molecule has 1 fully saturated rings. The minimum absolute atomic E-state index is 0.0134. The molecule has 2 aromatic rings. The molecule has 1 saturated carbocycles. The first-order valence-corrected chi connectivity index (χ1v) is 8.51. The van der Waals surface area contributed by atoms with E-state index in [1.54, 1.807) is 19.1 Å². The predicted octanol–water partition coefficient (Wildman–Crippen LogP) is 4.11. The van der Waals surface area contributed by atoms with Gasteiger partial charge in [-0.3, -0.25) is 4.79 Å². The molecule has 1 amide bonds. The van der Waals surface area contributed by atoms with E-state index in [1.807, 2.05) is 12.1 Å². The first-order valence-electron chi connectivity index (χ1n) is 8.51. The van der Waals surface area contributed by atoms with Gasteiger partial charge in [-0.15, -0.1) is 0 Å². The number of aryl methyl sites for hydroxylation is 1. The summed E-state index contributed by atoms with van der Waals surface area (Å²) in [6.45, 7) is 1.77. The predicted molar refractivity (Wildman–Crippen MR) is 92.3 cm³/mol. The van der Waals surface area contributed by atoms with Gasteiger partial charge in [0.2, 0.25) is 0 Å². The molecule has 1 aliphatic rings. The van der Waals surface area contributed by atoms with Crippen molar-refractivity contribution in [2.45, 2.75) is 45.1 Å². The van der Waals surface area contributed by atoms with Crippen LogP contribution < -0.4 is 10.1 Å². The standard InChI is InChI=1S/C19H21NO5/c1-2-16-15(19(22)23)11-17(25-16)18(21)20-12-7-9-14(10-8-12)24-13-5-3-4-6-13/h7-11,13H,2-6H2,1H3,(H,20,21)(H,22,23). The smallest absolute Gasteiger partial charge is 0.339 e. The molecule has 0 radical (unpaired) electrons. The maximum atomic E-state index is 12.3. The van der Waals surface area contributed by atoms with Crippen LogP contribution in [0.4, 0.5) is 5.69 Å². The third-order valence-corrected chi connectivity index (χ3v) is 4.30. The number of aromatic carboxylic acids is 1. The van der Waals surface area contributed by atoms with Gasteiger partial charge in [-0.05, 0) is 49.9 Å². The van der Waals surface area contributed by atoms with Crippen molar-refractivity contribution < 1.29 is 23.8 Å². The van der Waals surface area contributed by atoms with Crippen LogP contribution in [0.3, 0.4) is 0 Å². The molecular weight excluding hydrogens is 322 g/mol. The average molecular weight is 343 g/mol. The van der Waals surface area contributed by atoms with Crippen LogP contribution in [0, 0.1) is 0 Å². The summed E-state index contributed by atoms with van der Waals surface area (Å²) in [6.07, 6.45) is 5.28. The second-order valence-corrected chi connectivity index (χ2v) is 6.11. The summed E-state index contributed by atoms with van der Waals surface area (Å²) in [5.74, 6) is -0.525. The van der Waals surface area contributed by atoms with Gasteiger partial charge in [-0.25, -0.2) is 4.79 Å². The molecule has 0 saturated heterocycles. The number of carbonyl (C=O) groups excluding carboxylic acids is 1. The van der Waals surface area contributed by atoms with Crippen LogP contribution in [0.25, 0.3) is 0 Å². The zero-order chi connectivity index (χ0) is 17.8. The molecule has 132 valence electrons. The Labute approximate surface area is 145 Å². The van der Waals surface area contributed by atoms with Crippen molar-refractivity contribution >= 4 is 17.6 Å². The number of rotatable bonds is 6. The van der Waals surface area contributed by atoms with Gasteiger partial charge >= 0.3 is 5.97 Å². The Bertz CT molecular complexity index is 757. The topological polar surface area (TPSA) is 88.8 Å². The van der Waals surface area contributed by atoms with Crippen LogP contribution in [0.2, 0.25) is 0 Å². The van der Waals surface area contributed by atoms with Crippen LogP contribution in [-0.4, -0.2) is 23.1 Å². The average Bonchev–Trinajstić information content (AvgIpc) is 3.25. The Kier molecular flexibility index (Phi) is 5.07. The molecule has 6 heteroatoms. The SMILES string of the molecule is CCc1oc(C(=O)Nc2ccc(OC3CCCC3)cc2)cc1C(=O)O. The van der Waals surface area contributed by atoms with Crippen molar-refractivity contribution in [2.75, 3.05) is 5.32 Å². The Morgan fingerprint density at radius 2 is 1.92 bits per heavy atom. The number of ether oxygens (including phenoxy) is 1. The molecule has 1 heterocycles. The summed E-state index contributed by atoms with van der Waals surface area (Å²) in [7, 11) is 0. The summed E-state index contributed by atoms with van der Waals surface area (Å²) in [5, 5.41) is 11.8. The fourth-order valence-corrected chi connectivity index (χ4v) is 2.99. The van der Waals surface area contributed by atoms with Gasteiger partial charge in [0.15, 0.2) is 5.76 Å². The summed E-state index contributed by atoms with van der Waals surface area (Å²) in [5.41, 5.74) is 0.614. The van der Waals surface area contributed by atoms with Crippen molar-refractivity contribution in [2.24, 2.45) is 0 Å². The molecule has 0 bridgehead atoms. The molecule has 1 aromatic carbocycles. The molecule has 1 aliphatic carbocycles. The molecule has 2 N–H and O–H groups in total. The van der Waals surface area contributed by atoms with E-state index in [2.05, 4.69) is 5.32 Å². The second-order valence-electron chi connectivity index (χ2n) is 6.11. The van der Waals surface area contributed by atoms with Crippen molar-refractivity contribution in [1.29, 1.82) is 0 Å². The largest absolute Gasteiger partial charge is 0.490 e. The third kappa shape index (κ3) is 4.02. The number of carbonyl (C=O) groups is 2. The van der Waals surface area contributed by atoms with E-state index in [0.29, 0.717) is 12.1 Å². The molecule has 0 atom stereocenters. The normalized spacial score (nSPS) is 14.4. The van der Waals surface area contributed by atoms with Crippen LogP contribution >= 0.6 is 0 Å². The fourth-order valence-electron chi connectivity index (χ4n) is 2.99. The van der Waals surface area contributed by atoms with Gasteiger partial charge < -0.3 is 19.6 Å². The van der Waals surface area contributed by atoms with Crippen LogP contribution in [-0.2, 0) is 6.42 Å². The van der Waals surface area contributed by atoms with Gasteiger partial charge in [0.1, 0.15) is 17.1 Å². The molecule has 0 unspecified atom stereocenters. The number of furan rings is 1. The first-order chi connectivity index (χ1) is 12.1. The Morgan fingerprint density at radius 3 is 2.48 bits per heavy atom. The first kappa shape index (κ1) is 17.1. The molecule has 1 aromatic heterocycles. The number of anilines is 1. The molecule has 0 spiro atoms. The summed E-state index contributed by atoms with van der Waals surface area (Å²) in [6, 6.07) is 8.40. The number of nitrogens with one attached hydrogen (secondary N) is 1. The minimum Gasteiger partial charge on any atom is -0.490 e. The van der Waals surface area contributed by atoms with E-state index >= 15 is 0 Å². The van der Waals surface area contributed by atoms with E-state index in [1.165, 1.54) is 18.9 Å². The minimum atomic E-state index is -1.10. The maximum absolute atomic E-state index is 12.3. The molecule has 3 rings (SSSR count). The summed E-state index contributed by atoms with van der Waals surface area (Å²) >= 11 is 0. The lowest BCUT2D eigenvalue weighted by Gasteiger charge is -2.13. The van der Waals surface area contributed by atoms with E-state index in [0.717, 1.165) is 18.6 Å². The number of hydrogen-bond acceptors (Lipinski definition) is 4. The van der Waals surface area contributed by atoms with E-state index in [4.69, 9.17) is 14.3 Å². The Balaban J connectivity index is 1.65. The quantitative estimate of drug-likeness (QED) is 0.824. The van der Waals surface area contributed by atoms with Crippen LogP contribution in [0.1, 0.15) is 59.3 Å². The Morgan fingerprint density at radius 1 is 1.24 bits per heavy atom. The number of carboxylic acid groups (broad SMARTS) is 1. The highest BCUT2D eigenvalue weighted by atomic mass is 16.5. The van der Waals surface area contributed by atoms with E-state index < -0.39 is 11.9 Å². The third-order valence-electron chi connectivity index (χ3n) is 4.30. The van der Waals surface area contributed by atoms with Gasteiger partial charge in [0.25, 0.3) is 5.91 Å². The Hall–Kier alpha value is -2.76. The lowest BCUT2D eigenvalue weighted by Crippen LogP contribution is -2.12. The molecule has 6 nitrogen and oxygen atoms in total. The van der Waals surface area contributed by atoms with Crippen LogP contribution in [0.5, 0.6) is 5.75 Å². The highest BCUT2D eigenvalue weighted by Crippen LogP contribution is 2.25. The van der Waals surface area contributed by atoms with Crippen molar-refractivity contribution in [3.05, 3.63) is 47.4 Å². The zero-order valence-corrected chi connectivity index (χ0v) is 14.1. The highest BCUT2D eigenvalue weighted by Gasteiger charge is 2.20. The molecule has 0 aliphatic heterocycles. The number of hydrogen-bond donors (Lipinski definition) is 2. The zero-order valence-electron chi connectivity index (χ0n) is 14.1. The molecular formula is C19H21NO5. The van der Waals surface area contributed by atoms with Crippen molar-refractivity contribution in [1.82, 2.24) is 0 Å². The lowest BCUT2D eigenvalue weighted by atomic mass is 10.2. The molecule has 25 heavy (non-hydrogen) atoms.